The van der Waals surface area contributed by atoms with Gasteiger partial charge in [0.1, 0.15) is 0 Å². The smallest absolute Gasteiger partial charge is 0.399 e. The van der Waals surface area contributed by atoms with Crippen molar-refractivity contribution >= 4 is 18.5 Å². The number of amides is 1. The molecule has 0 bridgehead atoms. The normalized spacial score (nSPS) is 22.3. The molecule has 0 aliphatic carbocycles. The van der Waals surface area contributed by atoms with Crippen molar-refractivity contribution in [2.24, 2.45) is 0 Å². The molecule has 2 aliphatic heterocycles. The maximum absolute atomic E-state index is 12.6. The molecule has 2 aliphatic rings. The third-order valence-electron chi connectivity index (χ3n) is 6.32. The van der Waals surface area contributed by atoms with Crippen LogP contribution in [0.2, 0.25) is 0 Å². The zero-order valence-electron chi connectivity index (χ0n) is 17.5. The van der Waals surface area contributed by atoms with E-state index < -0.39 is 0 Å². The quantitative estimate of drug-likeness (QED) is 0.761. The molecule has 1 aromatic rings. The minimum absolute atomic E-state index is 0.187. The molecule has 0 saturated carbocycles. The molecular weight excluding hydrogens is 341 g/mol. The third-order valence-corrected chi connectivity index (χ3v) is 6.32. The molecule has 0 N–H and O–H groups in total. The number of hydrogen-bond acceptors (Lipinski definition) is 4. The first-order valence-corrected chi connectivity index (χ1v) is 9.88. The first-order chi connectivity index (χ1) is 12.6. The van der Waals surface area contributed by atoms with Crippen LogP contribution in [0.3, 0.4) is 0 Å². The highest BCUT2D eigenvalue weighted by Crippen LogP contribution is 2.36. The number of methoxy groups -OCH3 is 1. The molecule has 5 nitrogen and oxygen atoms in total. The van der Waals surface area contributed by atoms with Gasteiger partial charge in [-0.15, -0.1) is 0 Å². The van der Waals surface area contributed by atoms with E-state index in [1.165, 1.54) is 0 Å². The second-order valence-electron chi connectivity index (χ2n) is 8.77. The van der Waals surface area contributed by atoms with Crippen LogP contribution >= 0.6 is 0 Å². The molecule has 0 radical (unpaired) electrons. The summed E-state index contributed by atoms with van der Waals surface area (Å²) in [6.45, 7) is 11.8. The van der Waals surface area contributed by atoms with E-state index in [2.05, 4.69) is 40.7 Å². The van der Waals surface area contributed by atoms with E-state index in [4.69, 9.17) is 14.0 Å². The summed E-state index contributed by atoms with van der Waals surface area (Å²) in [7, 11) is 1.37. The predicted molar refractivity (Wildman–Crippen MR) is 107 cm³/mol. The Kier molecular flexibility index (Phi) is 5.71. The van der Waals surface area contributed by atoms with E-state index in [0.717, 1.165) is 42.5 Å². The van der Waals surface area contributed by atoms with Gasteiger partial charge in [0, 0.05) is 20.2 Å². The van der Waals surface area contributed by atoms with Gasteiger partial charge in [-0.05, 0) is 58.5 Å². The number of carbonyl (C=O) groups excluding carboxylic acids is 1. The van der Waals surface area contributed by atoms with E-state index in [-0.39, 0.29) is 30.3 Å². The summed E-state index contributed by atoms with van der Waals surface area (Å²) in [5.74, 6) is 0.187. The molecule has 1 aromatic carbocycles. The topological polar surface area (TPSA) is 48.0 Å². The molecule has 0 atom stereocenters. The van der Waals surface area contributed by atoms with Gasteiger partial charge < -0.3 is 18.9 Å². The maximum atomic E-state index is 12.6. The Hall–Kier alpha value is -1.37. The van der Waals surface area contributed by atoms with Crippen LogP contribution in [0.5, 0.6) is 0 Å². The lowest BCUT2D eigenvalue weighted by molar-refractivity contribution is -0.132. The van der Waals surface area contributed by atoms with Crippen molar-refractivity contribution in [3.05, 3.63) is 29.3 Å². The lowest BCUT2D eigenvalue weighted by Crippen LogP contribution is -2.41. The first kappa shape index (κ1) is 20.4. The number of ether oxygens (including phenoxy) is 1. The summed E-state index contributed by atoms with van der Waals surface area (Å²) in [4.78, 5) is 14.6. The average molecular weight is 373 g/mol. The fourth-order valence-corrected chi connectivity index (χ4v) is 3.71. The Labute approximate surface area is 163 Å². The summed E-state index contributed by atoms with van der Waals surface area (Å²) < 4.78 is 17.7. The van der Waals surface area contributed by atoms with Crippen molar-refractivity contribution in [1.29, 1.82) is 0 Å². The summed E-state index contributed by atoms with van der Waals surface area (Å²) in [5, 5.41) is 0. The SMILES string of the molecule is COC1CCN(C(=O)Cc2ccc(B3OC(C)(C)C(C)(C)O3)c(C)c2)CC1. The Morgan fingerprint density at radius 3 is 2.30 bits per heavy atom. The van der Waals surface area contributed by atoms with Crippen molar-refractivity contribution in [3.63, 3.8) is 0 Å². The minimum Gasteiger partial charge on any atom is -0.399 e. The van der Waals surface area contributed by atoms with Gasteiger partial charge in [0.25, 0.3) is 0 Å². The van der Waals surface area contributed by atoms with Crippen molar-refractivity contribution in [2.75, 3.05) is 20.2 Å². The molecule has 2 heterocycles. The van der Waals surface area contributed by atoms with Gasteiger partial charge >= 0.3 is 7.12 Å². The second kappa shape index (κ2) is 7.57. The highest BCUT2D eigenvalue weighted by atomic mass is 16.7. The van der Waals surface area contributed by atoms with E-state index in [0.29, 0.717) is 6.42 Å². The molecule has 6 heteroatoms. The highest BCUT2D eigenvalue weighted by Gasteiger charge is 2.52. The molecule has 1 amide bonds. The zero-order chi connectivity index (χ0) is 19.8. The zero-order valence-corrected chi connectivity index (χ0v) is 17.5. The molecule has 0 spiro atoms. The first-order valence-electron chi connectivity index (χ1n) is 9.88. The van der Waals surface area contributed by atoms with Crippen LogP contribution < -0.4 is 5.46 Å². The maximum Gasteiger partial charge on any atom is 0.495 e. The summed E-state index contributed by atoms with van der Waals surface area (Å²) in [6.07, 6.45) is 2.56. The standard InChI is InChI=1S/C21H32BNO4/c1-15-13-16(14-19(24)23-11-9-17(25-6)10-12-23)7-8-18(15)22-26-20(2,3)21(4,5)27-22/h7-8,13,17H,9-12,14H2,1-6H3. The van der Waals surface area contributed by atoms with Gasteiger partial charge in [0.2, 0.25) is 5.91 Å². The molecule has 3 rings (SSSR count). The van der Waals surface area contributed by atoms with Crippen LogP contribution in [0.15, 0.2) is 18.2 Å². The van der Waals surface area contributed by atoms with E-state index in [1.54, 1.807) is 7.11 Å². The fraction of sp³-hybridized carbons (Fsp3) is 0.667. The largest absolute Gasteiger partial charge is 0.495 e. The molecule has 2 saturated heterocycles. The van der Waals surface area contributed by atoms with Gasteiger partial charge in [0.15, 0.2) is 0 Å². The van der Waals surface area contributed by atoms with Crippen LogP contribution in [-0.4, -0.2) is 55.4 Å². The van der Waals surface area contributed by atoms with Gasteiger partial charge in [0.05, 0.1) is 23.7 Å². The molecule has 27 heavy (non-hydrogen) atoms. The number of rotatable bonds is 4. The molecular formula is C21H32BNO4. The Balaban J connectivity index is 1.65. The molecule has 0 aromatic heterocycles. The van der Waals surface area contributed by atoms with E-state index >= 15 is 0 Å². The number of hydrogen-bond donors (Lipinski definition) is 0. The lowest BCUT2D eigenvalue weighted by Gasteiger charge is -2.32. The Morgan fingerprint density at radius 1 is 1.19 bits per heavy atom. The van der Waals surface area contributed by atoms with Gasteiger partial charge in [-0.1, -0.05) is 23.8 Å². The Morgan fingerprint density at radius 2 is 1.78 bits per heavy atom. The number of carbonyl (C=O) groups is 1. The van der Waals surface area contributed by atoms with Crippen LogP contribution in [-0.2, 0) is 25.3 Å². The number of nitrogens with zero attached hydrogens (tertiary/aromatic N) is 1. The summed E-state index contributed by atoms with van der Waals surface area (Å²) in [6, 6.07) is 6.14. The van der Waals surface area contributed by atoms with Crippen LogP contribution in [0, 0.1) is 6.92 Å². The van der Waals surface area contributed by atoms with Crippen molar-refractivity contribution in [1.82, 2.24) is 4.90 Å². The monoisotopic (exact) mass is 373 g/mol. The lowest BCUT2D eigenvalue weighted by atomic mass is 9.75. The van der Waals surface area contributed by atoms with Crippen molar-refractivity contribution in [2.45, 2.75) is 71.2 Å². The summed E-state index contributed by atoms with van der Waals surface area (Å²) >= 11 is 0. The number of benzene rings is 1. The third kappa shape index (κ3) is 4.23. The highest BCUT2D eigenvalue weighted by molar-refractivity contribution is 6.62. The van der Waals surface area contributed by atoms with Crippen molar-refractivity contribution in [3.8, 4) is 0 Å². The van der Waals surface area contributed by atoms with Crippen molar-refractivity contribution < 1.29 is 18.8 Å². The Bertz CT molecular complexity index is 679. The average Bonchev–Trinajstić information content (AvgIpc) is 2.82. The number of piperidine rings is 1. The number of likely N-dealkylation sites (tertiary alicyclic amines) is 1. The second-order valence-corrected chi connectivity index (χ2v) is 8.77. The minimum atomic E-state index is -0.368. The van der Waals surface area contributed by atoms with Crippen LogP contribution in [0.1, 0.15) is 51.7 Å². The molecule has 148 valence electrons. The predicted octanol–water partition coefficient (Wildman–Crippen LogP) is 2.47. The molecule has 0 unspecified atom stereocenters. The van der Waals surface area contributed by atoms with E-state index in [1.807, 2.05) is 17.0 Å². The van der Waals surface area contributed by atoms with Gasteiger partial charge in [-0.3, -0.25) is 4.79 Å². The number of aryl methyl sites for hydroxylation is 1. The van der Waals surface area contributed by atoms with Gasteiger partial charge in [-0.2, -0.15) is 0 Å². The van der Waals surface area contributed by atoms with Gasteiger partial charge in [-0.25, -0.2) is 0 Å². The fourth-order valence-electron chi connectivity index (χ4n) is 3.71. The van der Waals surface area contributed by atoms with Crippen LogP contribution in [0.4, 0.5) is 0 Å². The van der Waals surface area contributed by atoms with Crippen LogP contribution in [0.25, 0.3) is 0 Å². The molecule has 2 fully saturated rings. The van der Waals surface area contributed by atoms with E-state index in [9.17, 15) is 4.79 Å². The summed E-state index contributed by atoms with van der Waals surface area (Å²) in [5.41, 5.74) is 2.45.